The number of carbonyl (C=O) groups is 1. The van der Waals surface area contributed by atoms with Gasteiger partial charge >= 0.3 is 0 Å². The van der Waals surface area contributed by atoms with Gasteiger partial charge in [-0.25, -0.2) is 9.97 Å². The number of carbonyl (C=O) groups excluding carboxylic acids is 1. The van der Waals surface area contributed by atoms with E-state index in [1.165, 1.54) is 12.4 Å². The molecule has 2 rings (SSSR count). The minimum atomic E-state index is -0.212. The molecule has 0 fully saturated rings. The first kappa shape index (κ1) is 20.2. The van der Waals surface area contributed by atoms with Crippen LogP contribution in [0, 0.1) is 0 Å². The number of nitrogens with one attached hydrogen (secondary N) is 2. The van der Waals surface area contributed by atoms with Crippen LogP contribution < -0.4 is 24.8 Å². The van der Waals surface area contributed by atoms with Crippen molar-refractivity contribution in [2.24, 2.45) is 0 Å². The average Bonchev–Trinajstić information content (AvgIpc) is 2.67. The van der Waals surface area contributed by atoms with E-state index < -0.39 is 0 Å². The van der Waals surface area contributed by atoms with Crippen LogP contribution in [-0.2, 0) is 0 Å². The fourth-order valence-corrected chi connectivity index (χ4v) is 2.29. The van der Waals surface area contributed by atoms with Crippen molar-refractivity contribution in [3.63, 3.8) is 0 Å². The largest absolute Gasteiger partial charge is 0.493 e. The zero-order valence-corrected chi connectivity index (χ0v) is 16.2. The predicted molar refractivity (Wildman–Crippen MR) is 102 cm³/mol. The van der Waals surface area contributed by atoms with Crippen LogP contribution in [0.4, 0.5) is 11.6 Å². The molecule has 2 aromatic rings. The Balaban J connectivity index is 2.09. The first-order chi connectivity index (χ1) is 13.0. The molecule has 0 aliphatic carbocycles. The second-order valence-electron chi connectivity index (χ2n) is 5.89. The molecule has 146 valence electrons. The molecule has 9 nitrogen and oxygen atoms in total. The van der Waals surface area contributed by atoms with Crippen molar-refractivity contribution in [2.45, 2.75) is 0 Å². The lowest BCUT2D eigenvalue weighted by Crippen LogP contribution is -2.31. The van der Waals surface area contributed by atoms with Gasteiger partial charge in [0.05, 0.1) is 26.9 Å². The maximum Gasteiger partial charge on any atom is 0.254 e. The molecule has 0 atom stereocenters. The van der Waals surface area contributed by atoms with Gasteiger partial charge in [0.25, 0.3) is 5.91 Å². The van der Waals surface area contributed by atoms with Crippen LogP contribution in [-0.4, -0.2) is 69.3 Å². The molecule has 1 amide bonds. The zero-order chi connectivity index (χ0) is 19.8. The minimum Gasteiger partial charge on any atom is -0.493 e. The van der Waals surface area contributed by atoms with Crippen LogP contribution in [0.2, 0.25) is 0 Å². The number of likely N-dealkylation sites (N-methyl/N-ethyl adjacent to an activating group) is 1. The number of methoxy groups -OCH3 is 3. The molecule has 0 spiro atoms. The van der Waals surface area contributed by atoms with Crippen molar-refractivity contribution < 1.29 is 19.0 Å². The predicted octanol–water partition coefficient (Wildman–Crippen LogP) is 1.54. The Labute approximate surface area is 158 Å². The Morgan fingerprint density at radius 2 is 1.63 bits per heavy atom. The smallest absolute Gasteiger partial charge is 0.254 e. The van der Waals surface area contributed by atoms with Gasteiger partial charge < -0.3 is 29.7 Å². The van der Waals surface area contributed by atoms with E-state index in [9.17, 15) is 4.79 Å². The summed E-state index contributed by atoms with van der Waals surface area (Å²) < 4.78 is 15.9. The highest BCUT2D eigenvalue weighted by molar-refractivity contribution is 5.93. The normalized spacial score (nSPS) is 10.4. The highest BCUT2D eigenvalue weighted by atomic mass is 16.5. The van der Waals surface area contributed by atoms with Gasteiger partial charge in [0, 0.05) is 43.3 Å². The van der Waals surface area contributed by atoms with Crippen molar-refractivity contribution in [3.05, 3.63) is 30.1 Å². The summed E-state index contributed by atoms with van der Waals surface area (Å²) in [5.41, 5.74) is 1.05. The number of anilines is 2. The Hall–Kier alpha value is -3.07. The van der Waals surface area contributed by atoms with Crippen molar-refractivity contribution in [1.82, 2.24) is 20.2 Å². The van der Waals surface area contributed by atoms with Crippen LogP contribution in [0.15, 0.2) is 24.5 Å². The second kappa shape index (κ2) is 9.58. The third kappa shape index (κ3) is 5.45. The summed E-state index contributed by atoms with van der Waals surface area (Å²) in [4.78, 5) is 22.4. The highest BCUT2D eigenvalue weighted by Gasteiger charge is 2.14. The SMILES string of the molecule is COc1cc(Nc2ncc(C(=O)NCCN(C)C)cn2)cc(OC)c1OC. The molecule has 0 aliphatic rings. The summed E-state index contributed by atoms with van der Waals surface area (Å²) in [6.07, 6.45) is 2.94. The third-order valence-corrected chi connectivity index (χ3v) is 3.68. The van der Waals surface area contributed by atoms with Gasteiger partial charge in [0.1, 0.15) is 0 Å². The first-order valence-corrected chi connectivity index (χ1v) is 8.30. The summed E-state index contributed by atoms with van der Waals surface area (Å²) in [6, 6.07) is 3.49. The molecule has 0 aliphatic heterocycles. The molecular weight excluding hydrogens is 350 g/mol. The van der Waals surface area contributed by atoms with Crippen LogP contribution in [0.1, 0.15) is 10.4 Å². The number of hydrogen-bond donors (Lipinski definition) is 2. The van der Waals surface area contributed by atoms with Crippen molar-refractivity contribution in [1.29, 1.82) is 0 Å². The number of aromatic nitrogens is 2. The van der Waals surface area contributed by atoms with E-state index in [1.807, 2.05) is 19.0 Å². The zero-order valence-electron chi connectivity index (χ0n) is 16.2. The monoisotopic (exact) mass is 375 g/mol. The molecule has 1 aromatic carbocycles. The molecule has 1 heterocycles. The first-order valence-electron chi connectivity index (χ1n) is 8.30. The topological polar surface area (TPSA) is 97.8 Å². The Kier molecular flexibility index (Phi) is 7.18. The molecule has 0 radical (unpaired) electrons. The number of amides is 1. The van der Waals surface area contributed by atoms with Crippen LogP contribution in [0.3, 0.4) is 0 Å². The van der Waals surface area contributed by atoms with E-state index in [-0.39, 0.29) is 5.91 Å². The van der Waals surface area contributed by atoms with Gasteiger partial charge in [-0.15, -0.1) is 0 Å². The number of benzene rings is 1. The van der Waals surface area contributed by atoms with Crippen LogP contribution in [0.25, 0.3) is 0 Å². The van der Waals surface area contributed by atoms with E-state index in [1.54, 1.807) is 33.5 Å². The van der Waals surface area contributed by atoms with Crippen molar-refractivity contribution >= 4 is 17.5 Å². The van der Waals surface area contributed by atoms with Gasteiger partial charge in [0.15, 0.2) is 11.5 Å². The number of ether oxygens (including phenoxy) is 3. The van der Waals surface area contributed by atoms with Crippen molar-refractivity contribution in [3.8, 4) is 17.2 Å². The Morgan fingerprint density at radius 3 is 2.11 bits per heavy atom. The third-order valence-electron chi connectivity index (χ3n) is 3.68. The summed E-state index contributed by atoms with van der Waals surface area (Å²) >= 11 is 0. The summed E-state index contributed by atoms with van der Waals surface area (Å²) in [5.74, 6) is 1.65. The molecule has 9 heteroatoms. The lowest BCUT2D eigenvalue weighted by atomic mass is 10.2. The lowest BCUT2D eigenvalue weighted by Gasteiger charge is -2.14. The van der Waals surface area contributed by atoms with Gasteiger partial charge in [-0.05, 0) is 14.1 Å². The fourth-order valence-electron chi connectivity index (χ4n) is 2.29. The summed E-state index contributed by atoms with van der Waals surface area (Å²) in [5, 5.41) is 5.87. The highest BCUT2D eigenvalue weighted by Crippen LogP contribution is 2.40. The van der Waals surface area contributed by atoms with E-state index in [4.69, 9.17) is 14.2 Å². The lowest BCUT2D eigenvalue weighted by molar-refractivity contribution is 0.0950. The quantitative estimate of drug-likeness (QED) is 0.681. The number of rotatable bonds is 9. The standard InChI is InChI=1S/C18H25N5O4/c1-23(2)7-6-19-17(24)12-10-20-18(21-11-12)22-13-8-14(25-3)16(27-5)15(9-13)26-4/h8-11H,6-7H2,1-5H3,(H,19,24)(H,20,21,22). The van der Waals surface area contributed by atoms with Gasteiger partial charge in [-0.2, -0.15) is 0 Å². The van der Waals surface area contributed by atoms with E-state index in [0.717, 1.165) is 6.54 Å². The number of hydrogen-bond acceptors (Lipinski definition) is 8. The summed E-state index contributed by atoms with van der Waals surface area (Å²) in [6.45, 7) is 1.31. The minimum absolute atomic E-state index is 0.212. The molecule has 27 heavy (non-hydrogen) atoms. The molecule has 0 unspecified atom stereocenters. The Morgan fingerprint density at radius 1 is 1.04 bits per heavy atom. The molecule has 0 saturated carbocycles. The van der Waals surface area contributed by atoms with E-state index >= 15 is 0 Å². The van der Waals surface area contributed by atoms with Gasteiger partial charge in [0.2, 0.25) is 11.7 Å². The number of nitrogens with zero attached hydrogens (tertiary/aromatic N) is 3. The molecular formula is C18H25N5O4. The van der Waals surface area contributed by atoms with Crippen LogP contribution >= 0.6 is 0 Å². The fraction of sp³-hybridized carbons (Fsp3) is 0.389. The van der Waals surface area contributed by atoms with Crippen molar-refractivity contribution in [2.75, 3.05) is 53.8 Å². The maximum atomic E-state index is 12.1. The molecule has 2 N–H and O–H groups in total. The van der Waals surface area contributed by atoms with E-state index in [2.05, 4.69) is 20.6 Å². The molecule has 1 aromatic heterocycles. The van der Waals surface area contributed by atoms with Crippen LogP contribution in [0.5, 0.6) is 17.2 Å². The maximum absolute atomic E-state index is 12.1. The molecule has 0 saturated heterocycles. The second-order valence-corrected chi connectivity index (χ2v) is 5.89. The Bertz CT molecular complexity index is 740. The van der Waals surface area contributed by atoms with Gasteiger partial charge in [-0.3, -0.25) is 4.79 Å². The molecule has 0 bridgehead atoms. The van der Waals surface area contributed by atoms with Gasteiger partial charge in [-0.1, -0.05) is 0 Å². The summed E-state index contributed by atoms with van der Waals surface area (Å²) in [7, 11) is 8.51. The average molecular weight is 375 g/mol. The van der Waals surface area contributed by atoms with E-state index in [0.29, 0.717) is 41.0 Å².